The largest absolute Gasteiger partial charge is 0.435 e. The van der Waals surface area contributed by atoms with Crippen LogP contribution in [0.1, 0.15) is 36.0 Å². The second kappa shape index (κ2) is 10.1. The lowest BCUT2D eigenvalue weighted by Gasteiger charge is -2.43. The molecular weight excluding hydrogens is 619 g/mol. The average molecular weight is 639 g/mol. The Bertz CT molecular complexity index is 1460. The molecule has 2 aliphatic carbocycles. The molecule has 5 nitrogen and oxygen atoms in total. The second-order valence-corrected chi connectivity index (χ2v) is 12.3. The van der Waals surface area contributed by atoms with Crippen LogP contribution in [0, 0.1) is 11.7 Å². The van der Waals surface area contributed by atoms with Crippen LogP contribution in [0.2, 0.25) is 0 Å². The molecule has 1 amide bonds. The van der Waals surface area contributed by atoms with Crippen molar-refractivity contribution < 1.29 is 66.6 Å². The zero-order valence-corrected chi connectivity index (χ0v) is 21.7. The number of carbonyl (C=O) groups excluding carboxylic acids is 1. The number of sulfone groups is 1. The summed E-state index contributed by atoms with van der Waals surface area (Å²) in [6, 6.07) is 2.88. The minimum absolute atomic E-state index is 0.142. The van der Waals surface area contributed by atoms with Gasteiger partial charge in [-0.1, -0.05) is 18.2 Å². The highest BCUT2D eigenvalue weighted by Gasteiger charge is 2.74. The Balaban J connectivity index is 1.89. The zero-order valence-electron chi connectivity index (χ0n) is 20.8. The summed E-state index contributed by atoms with van der Waals surface area (Å²) in [6.07, 6.45) is -23.4. The first-order chi connectivity index (χ1) is 19.1. The monoisotopic (exact) mass is 639 g/mol. The van der Waals surface area contributed by atoms with E-state index < -0.39 is 97.4 Å². The van der Waals surface area contributed by atoms with Gasteiger partial charge in [0.2, 0.25) is 6.10 Å². The molecule has 0 spiro atoms. The van der Waals surface area contributed by atoms with Crippen LogP contribution in [-0.4, -0.2) is 50.1 Å². The van der Waals surface area contributed by atoms with Crippen molar-refractivity contribution in [3.05, 3.63) is 65.0 Å². The van der Waals surface area contributed by atoms with Gasteiger partial charge in [0.05, 0.1) is 4.90 Å². The predicted molar refractivity (Wildman–Crippen MR) is 122 cm³/mol. The van der Waals surface area contributed by atoms with Gasteiger partial charge in [0, 0.05) is 17.5 Å². The molecule has 1 saturated carbocycles. The number of alkyl halides is 10. The van der Waals surface area contributed by atoms with E-state index in [0.717, 1.165) is 24.3 Å². The molecular formula is C25H20F11NO4S. The van der Waals surface area contributed by atoms with Crippen LogP contribution < -0.4 is 5.32 Å². The van der Waals surface area contributed by atoms with E-state index in [4.69, 9.17) is 0 Å². The Hall–Kier alpha value is -2.95. The Morgan fingerprint density at radius 2 is 1.48 bits per heavy atom. The lowest BCUT2D eigenvalue weighted by atomic mass is 9.74. The summed E-state index contributed by atoms with van der Waals surface area (Å²) in [5.41, 5.74) is -8.40. The molecule has 2 aliphatic rings. The summed E-state index contributed by atoms with van der Waals surface area (Å²) >= 11 is 0. The Morgan fingerprint density at radius 3 is 2.00 bits per heavy atom. The van der Waals surface area contributed by atoms with Gasteiger partial charge in [-0.15, -0.1) is 0 Å². The number of hydrogen-bond donors (Lipinski definition) is 2. The van der Waals surface area contributed by atoms with E-state index in [1.54, 1.807) is 0 Å². The van der Waals surface area contributed by atoms with Crippen LogP contribution >= 0.6 is 0 Å². The summed E-state index contributed by atoms with van der Waals surface area (Å²) in [6.45, 7) is 0. The van der Waals surface area contributed by atoms with Gasteiger partial charge in [-0.05, 0) is 61.1 Å². The van der Waals surface area contributed by atoms with E-state index in [1.165, 1.54) is 0 Å². The Labute approximate surface area is 230 Å². The normalized spacial score (nSPS) is 24.1. The number of aliphatic hydroxyl groups excluding tert-OH is 1. The van der Waals surface area contributed by atoms with Crippen molar-refractivity contribution in [1.82, 2.24) is 5.32 Å². The van der Waals surface area contributed by atoms with Gasteiger partial charge in [-0.3, -0.25) is 4.79 Å². The summed E-state index contributed by atoms with van der Waals surface area (Å²) < 4.78 is 173. The van der Waals surface area contributed by atoms with Crippen molar-refractivity contribution >= 4 is 15.7 Å². The van der Waals surface area contributed by atoms with Crippen LogP contribution in [0.3, 0.4) is 0 Å². The third-order valence-corrected chi connectivity index (χ3v) is 10.4. The van der Waals surface area contributed by atoms with Crippen LogP contribution in [0.5, 0.6) is 0 Å². The average Bonchev–Trinajstić information content (AvgIpc) is 3.25. The number of carbonyl (C=O) groups is 1. The molecule has 0 unspecified atom stereocenters. The molecule has 4 rings (SSSR count). The Morgan fingerprint density at radius 1 is 0.905 bits per heavy atom. The molecule has 0 aliphatic heterocycles. The van der Waals surface area contributed by atoms with Crippen molar-refractivity contribution in [3.63, 3.8) is 0 Å². The van der Waals surface area contributed by atoms with Crippen LogP contribution in [-0.2, 0) is 31.5 Å². The van der Waals surface area contributed by atoms with Gasteiger partial charge < -0.3 is 10.4 Å². The predicted octanol–water partition coefficient (Wildman–Crippen LogP) is 5.55. The number of nitrogens with one attached hydrogen (secondary N) is 1. The van der Waals surface area contributed by atoms with Crippen molar-refractivity contribution in [3.8, 4) is 0 Å². The minimum Gasteiger partial charge on any atom is -0.376 e. The van der Waals surface area contributed by atoms with Crippen molar-refractivity contribution in [2.75, 3.05) is 0 Å². The van der Waals surface area contributed by atoms with E-state index in [-0.39, 0.29) is 30.5 Å². The fourth-order valence-electron chi connectivity index (χ4n) is 5.96. The van der Waals surface area contributed by atoms with E-state index in [9.17, 15) is 66.6 Å². The molecule has 2 N–H and O–H groups in total. The first-order valence-electron chi connectivity index (χ1n) is 12.1. The van der Waals surface area contributed by atoms with E-state index in [1.807, 2.05) is 5.32 Å². The lowest BCUT2D eigenvalue weighted by molar-refractivity contribution is -0.348. The van der Waals surface area contributed by atoms with Crippen molar-refractivity contribution in [2.24, 2.45) is 5.92 Å². The molecule has 0 saturated heterocycles. The fraction of sp³-hybridized carbons (Fsp3) is 0.480. The first-order valence-corrected chi connectivity index (χ1v) is 13.6. The highest BCUT2D eigenvalue weighted by molar-refractivity contribution is 7.92. The molecule has 2 aromatic carbocycles. The van der Waals surface area contributed by atoms with Gasteiger partial charge in [0.25, 0.3) is 5.91 Å². The van der Waals surface area contributed by atoms with Gasteiger partial charge in [-0.25, -0.2) is 17.2 Å². The lowest BCUT2D eigenvalue weighted by Crippen LogP contribution is -2.53. The molecule has 2 aromatic rings. The minimum atomic E-state index is -6.45. The smallest absolute Gasteiger partial charge is 0.376 e. The number of halogens is 11. The number of amides is 1. The summed E-state index contributed by atoms with van der Waals surface area (Å²) in [7, 11) is -4.75. The molecule has 17 heteroatoms. The molecule has 4 atom stereocenters. The fourth-order valence-corrected chi connectivity index (χ4v) is 8.43. The first kappa shape index (κ1) is 32.0. The third kappa shape index (κ3) is 4.81. The van der Waals surface area contributed by atoms with Crippen molar-refractivity contribution in [1.29, 1.82) is 0 Å². The maximum absolute atomic E-state index is 14.8. The van der Waals surface area contributed by atoms with Gasteiger partial charge in [-0.2, -0.15) is 39.5 Å². The number of aliphatic hydroxyl groups is 1. The maximum Gasteiger partial charge on any atom is 0.435 e. The summed E-state index contributed by atoms with van der Waals surface area (Å²) in [4.78, 5) is 11.6. The van der Waals surface area contributed by atoms with Crippen LogP contribution in [0.4, 0.5) is 48.3 Å². The quantitative estimate of drug-likeness (QED) is 0.332. The number of benzene rings is 2. The second-order valence-electron chi connectivity index (χ2n) is 10.1. The topological polar surface area (TPSA) is 83.5 Å². The van der Waals surface area contributed by atoms with Crippen LogP contribution in [0.15, 0.2) is 47.4 Å². The Kier molecular flexibility index (Phi) is 7.66. The standard InChI is InChI=1S/C25H20F11NO4S/c26-14-3-5-15(6-4-14)42(40,41)21-10-9-18(37-20(39)19(38)23(28,29)30)17(21)7-1-12-11-13(2-8-16(12)21)22(27,24(31,32)33)25(34,35)36/h2-6,8,11,17-19,38H,1,7,9-10H2,(H,37,39)/t17-,18+,19-,21+/m0/s1. The molecule has 1 fully saturated rings. The number of fused-ring (bicyclic) bond motifs is 3. The van der Waals surface area contributed by atoms with E-state index >= 15 is 0 Å². The summed E-state index contributed by atoms with van der Waals surface area (Å²) in [5.74, 6) is -4.05. The van der Waals surface area contributed by atoms with Crippen molar-refractivity contribution in [2.45, 2.75) is 71.7 Å². The third-order valence-electron chi connectivity index (χ3n) is 7.87. The van der Waals surface area contributed by atoms with Crippen LogP contribution in [0.25, 0.3) is 0 Å². The van der Waals surface area contributed by atoms with Gasteiger partial charge in [0.1, 0.15) is 10.6 Å². The molecule has 42 heavy (non-hydrogen) atoms. The number of rotatable bonds is 5. The molecule has 0 aromatic heterocycles. The molecule has 0 bridgehead atoms. The summed E-state index contributed by atoms with van der Waals surface area (Å²) in [5, 5.41) is 11.3. The highest BCUT2D eigenvalue weighted by Crippen LogP contribution is 2.59. The zero-order chi connectivity index (χ0) is 31.7. The SMILES string of the molecule is O=C(N[C@@H]1CC[C@@]2(S(=O)(=O)c3ccc(F)cc3)c3ccc(C(F)(C(F)(F)F)C(F)(F)F)cc3CC[C@@H]12)[C@H](O)C(F)(F)F. The molecule has 0 radical (unpaired) electrons. The highest BCUT2D eigenvalue weighted by atomic mass is 32.2. The van der Waals surface area contributed by atoms with E-state index in [2.05, 4.69) is 0 Å². The number of aryl methyl sites for hydroxylation is 1. The van der Waals surface area contributed by atoms with Gasteiger partial charge >= 0.3 is 24.2 Å². The molecule has 232 valence electrons. The van der Waals surface area contributed by atoms with E-state index in [0.29, 0.717) is 6.07 Å². The maximum atomic E-state index is 14.8. The molecule has 0 heterocycles. The number of hydrogen-bond acceptors (Lipinski definition) is 4. The van der Waals surface area contributed by atoms with Gasteiger partial charge in [0.15, 0.2) is 9.84 Å².